The molecule has 2 aromatic heterocycles. The van der Waals surface area contributed by atoms with Crippen LogP contribution in [0.15, 0.2) is 36.7 Å². The molecule has 2 heterocycles. The van der Waals surface area contributed by atoms with Crippen LogP contribution in [0.1, 0.15) is 48.8 Å². The number of anilines is 1. The number of hydrogen-bond donors (Lipinski definition) is 2. The van der Waals surface area contributed by atoms with Crippen molar-refractivity contribution < 1.29 is 27.5 Å². The molecule has 0 saturated carbocycles. The van der Waals surface area contributed by atoms with Crippen LogP contribution in [-0.2, 0) is 4.79 Å². The molecule has 0 aromatic carbocycles. The average Bonchev–Trinajstić information content (AvgIpc) is 2.66. The van der Waals surface area contributed by atoms with Gasteiger partial charge in [0, 0.05) is 12.6 Å². The molecule has 0 spiro atoms. The average molecular weight is 410 g/mol. The van der Waals surface area contributed by atoms with Crippen LogP contribution in [0.3, 0.4) is 0 Å². The quantitative estimate of drug-likeness (QED) is 0.693. The van der Waals surface area contributed by atoms with E-state index < -0.39 is 24.7 Å². The topological polar surface area (TPSA) is 93.2 Å². The van der Waals surface area contributed by atoms with Crippen molar-refractivity contribution in [3.8, 4) is 5.75 Å². The summed E-state index contributed by atoms with van der Waals surface area (Å²) in [4.78, 5) is 31.9. The number of halogens is 3. The second-order valence-corrected chi connectivity index (χ2v) is 6.25. The number of ether oxygens (including phenoxy) is 1. The van der Waals surface area contributed by atoms with Gasteiger partial charge in [0.1, 0.15) is 17.3 Å². The van der Waals surface area contributed by atoms with E-state index in [4.69, 9.17) is 0 Å². The van der Waals surface area contributed by atoms with E-state index in [9.17, 15) is 22.8 Å². The van der Waals surface area contributed by atoms with Gasteiger partial charge in [-0.2, -0.15) is 13.2 Å². The highest BCUT2D eigenvalue weighted by Gasteiger charge is 2.28. The van der Waals surface area contributed by atoms with Crippen molar-refractivity contribution in [1.82, 2.24) is 15.3 Å². The molecule has 156 valence electrons. The van der Waals surface area contributed by atoms with Gasteiger partial charge >= 0.3 is 6.18 Å². The molecule has 0 saturated heterocycles. The number of hydrogen-bond acceptors (Lipinski definition) is 5. The Bertz CT molecular complexity index is 841. The zero-order valence-corrected chi connectivity index (χ0v) is 15.9. The number of pyridine rings is 2. The zero-order chi connectivity index (χ0) is 21.4. The SMILES string of the molecule is CCCC(=O)Nc1cc(C(C)NC(=O)c2ccc(OCC(F)(F)F)cn2)ccn1. The first kappa shape index (κ1) is 22.1. The fourth-order valence-corrected chi connectivity index (χ4v) is 2.34. The molecule has 1 unspecified atom stereocenters. The predicted molar refractivity (Wildman–Crippen MR) is 99.4 cm³/mol. The minimum atomic E-state index is -4.45. The number of amides is 2. The Balaban J connectivity index is 1.97. The number of rotatable bonds is 8. The summed E-state index contributed by atoms with van der Waals surface area (Å²) >= 11 is 0. The first-order valence-electron chi connectivity index (χ1n) is 8.90. The Kier molecular flexibility index (Phi) is 7.52. The van der Waals surface area contributed by atoms with Crippen LogP contribution in [0.2, 0.25) is 0 Å². The third kappa shape index (κ3) is 7.40. The summed E-state index contributed by atoms with van der Waals surface area (Å²) in [6, 6.07) is 5.44. The number of carbonyl (C=O) groups excluding carboxylic acids is 2. The summed E-state index contributed by atoms with van der Waals surface area (Å²) < 4.78 is 41.0. The molecule has 0 bridgehead atoms. The van der Waals surface area contributed by atoms with E-state index in [1.165, 1.54) is 18.3 Å². The van der Waals surface area contributed by atoms with Gasteiger partial charge in [-0.05, 0) is 43.2 Å². The van der Waals surface area contributed by atoms with Crippen molar-refractivity contribution in [2.24, 2.45) is 0 Å². The van der Waals surface area contributed by atoms with E-state index in [2.05, 4.69) is 25.3 Å². The molecule has 2 aromatic rings. The lowest BCUT2D eigenvalue weighted by molar-refractivity contribution is -0.153. The summed E-state index contributed by atoms with van der Waals surface area (Å²) in [6.45, 7) is 2.20. The molecule has 2 rings (SSSR count). The minimum absolute atomic E-state index is 0.0294. The van der Waals surface area contributed by atoms with Crippen LogP contribution >= 0.6 is 0 Å². The zero-order valence-electron chi connectivity index (χ0n) is 15.9. The van der Waals surface area contributed by atoms with Crippen LogP contribution in [0, 0.1) is 0 Å². The lowest BCUT2D eigenvalue weighted by Crippen LogP contribution is -2.27. The highest BCUT2D eigenvalue weighted by atomic mass is 19.4. The number of carbonyl (C=O) groups is 2. The van der Waals surface area contributed by atoms with Gasteiger partial charge in [0.15, 0.2) is 6.61 Å². The molecule has 0 radical (unpaired) electrons. The number of aromatic nitrogens is 2. The molecule has 0 aliphatic rings. The largest absolute Gasteiger partial charge is 0.483 e. The molecule has 29 heavy (non-hydrogen) atoms. The van der Waals surface area contributed by atoms with Gasteiger partial charge in [-0.1, -0.05) is 6.92 Å². The maximum absolute atomic E-state index is 12.3. The van der Waals surface area contributed by atoms with Crippen LogP contribution in [0.4, 0.5) is 19.0 Å². The second-order valence-electron chi connectivity index (χ2n) is 6.25. The van der Waals surface area contributed by atoms with E-state index in [0.29, 0.717) is 24.2 Å². The number of alkyl halides is 3. The minimum Gasteiger partial charge on any atom is -0.483 e. The van der Waals surface area contributed by atoms with Gasteiger partial charge in [0.2, 0.25) is 5.91 Å². The van der Waals surface area contributed by atoms with E-state index in [1.54, 1.807) is 19.1 Å². The van der Waals surface area contributed by atoms with Crippen LogP contribution in [-0.4, -0.2) is 34.6 Å². The van der Waals surface area contributed by atoms with Crippen molar-refractivity contribution in [1.29, 1.82) is 0 Å². The fraction of sp³-hybridized carbons (Fsp3) is 0.368. The summed E-state index contributed by atoms with van der Waals surface area (Å²) in [5, 5.41) is 5.41. The predicted octanol–water partition coefficient (Wildman–Crippen LogP) is 3.65. The molecule has 2 amide bonds. The number of nitrogens with one attached hydrogen (secondary N) is 2. The molecule has 1 atom stereocenters. The fourth-order valence-electron chi connectivity index (χ4n) is 2.34. The Hall–Kier alpha value is -3.17. The Morgan fingerprint density at radius 2 is 1.97 bits per heavy atom. The van der Waals surface area contributed by atoms with Crippen molar-refractivity contribution in [2.45, 2.75) is 38.9 Å². The van der Waals surface area contributed by atoms with E-state index in [-0.39, 0.29) is 17.4 Å². The van der Waals surface area contributed by atoms with Crippen molar-refractivity contribution >= 4 is 17.6 Å². The Labute approximate surface area is 165 Å². The maximum Gasteiger partial charge on any atom is 0.422 e. The highest BCUT2D eigenvalue weighted by Crippen LogP contribution is 2.19. The Morgan fingerprint density at radius 3 is 2.59 bits per heavy atom. The smallest absolute Gasteiger partial charge is 0.422 e. The molecule has 10 heteroatoms. The van der Waals surface area contributed by atoms with Crippen molar-refractivity contribution in [3.05, 3.63) is 47.9 Å². The first-order chi connectivity index (χ1) is 13.7. The van der Waals surface area contributed by atoms with Crippen LogP contribution in [0.5, 0.6) is 5.75 Å². The van der Waals surface area contributed by atoms with Gasteiger partial charge in [-0.25, -0.2) is 9.97 Å². The molecule has 0 aliphatic heterocycles. The summed E-state index contributed by atoms with van der Waals surface area (Å²) in [5.41, 5.74) is 0.743. The van der Waals surface area contributed by atoms with E-state index in [0.717, 1.165) is 6.20 Å². The maximum atomic E-state index is 12.3. The molecular formula is C19H21F3N4O3. The van der Waals surface area contributed by atoms with Gasteiger partial charge in [-0.15, -0.1) is 0 Å². The second kappa shape index (κ2) is 9.85. The van der Waals surface area contributed by atoms with Crippen molar-refractivity contribution in [2.75, 3.05) is 11.9 Å². The van der Waals surface area contributed by atoms with Gasteiger partial charge in [0.05, 0.1) is 12.2 Å². The Morgan fingerprint density at radius 1 is 1.21 bits per heavy atom. The number of nitrogens with zero attached hydrogens (tertiary/aromatic N) is 2. The molecule has 0 aliphatic carbocycles. The molecule has 7 nitrogen and oxygen atoms in total. The lowest BCUT2D eigenvalue weighted by atomic mass is 10.1. The third-order valence-corrected chi connectivity index (χ3v) is 3.75. The van der Waals surface area contributed by atoms with Crippen LogP contribution in [0.25, 0.3) is 0 Å². The van der Waals surface area contributed by atoms with Gasteiger partial charge in [-0.3, -0.25) is 9.59 Å². The van der Waals surface area contributed by atoms with Crippen molar-refractivity contribution in [3.63, 3.8) is 0 Å². The lowest BCUT2D eigenvalue weighted by Gasteiger charge is -2.15. The summed E-state index contributed by atoms with van der Waals surface area (Å²) in [5.74, 6) is -0.362. The highest BCUT2D eigenvalue weighted by molar-refractivity contribution is 5.92. The van der Waals surface area contributed by atoms with Crippen LogP contribution < -0.4 is 15.4 Å². The summed E-state index contributed by atoms with van der Waals surface area (Å²) in [7, 11) is 0. The molecular weight excluding hydrogens is 389 g/mol. The van der Waals surface area contributed by atoms with E-state index in [1.807, 2.05) is 6.92 Å². The monoisotopic (exact) mass is 410 g/mol. The first-order valence-corrected chi connectivity index (χ1v) is 8.90. The molecule has 0 fully saturated rings. The van der Waals surface area contributed by atoms with Gasteiger partial charge < -0.3 is 15.4 Å². The van der Waals surface area contributed by atoms with Gasteiger partial charge in [0.25, 0.3) is 5.91 Å². The normalized spacial score (nSPS) is 12.2. The third-order valence-electron chi connectivity index (χ3n) is 3.75. The standard InChI is InChI=1S/C19H21F3N4O3/c1-3-4-17(27)26-16-9-13(7-8-23-16)12(2)25-18(28)15-6-5-14(10-24-15)29-11-19(20,21)22/h5-10,12H,3-4,11H2,1-2H3,(H,25,28)(H,23,26,27). The van der Waals surface area contributed by atoms with E-state index >= 15 is 0 Å². The molecule has 2 N–H and O–H groups in total. The summed E-state index contributed by atoms with van der Waals surface area (Å²) in [6.07, 6.45) is -0.786.